The summed E-state index contributed by atoms with van der Waals surface area (Å²) in [6, 6.07) is 14.0. The number of anilines is 2. The van der Waals surface area contributed by atoms with Crippen LogP contribution in [0.25, 0.3) is 11.1 Å². The number of halogens is 3. The molecule has 0 saturated carbocycles. The summed E-state index contributed by atoms with van der Waals surface area (Å²) in [5.74, 6) is 0.562. The van der Waals surface area contributed by atoms with Crippen molar-refractivity contribution in [1.29, 1.82) is 0 Å². The third-order valence-electron chi connectivity index (χ3n) is 5.78. The fourth-order valence-corrected chi connectivity index (χ4v) is 5.71. The van der Waals surface area contributed by atoms with E-state index in [1.54, 1.807) is 43.3 Å². The molecule has 0 atom stereocenters. The predicted octanol–water partition coefficient (Wildman–Crippen LogP) is 3.99. The van der Waals surface area contributed by atoms with Crippen molar-refractivity contribution in [2.75, 3.05) is 11.5 Å². The van der Waals surface area contributed by atoms with Crippen molar-refractivity contribution in [1.82, 2.24) is 14.7 Å². The molecule has 3 aromatic carbocycles. The Bertz CT molecular complexity index is 2060. The largest absolute Gasteiger partial charge is 0.487 e. The van der Waals surface area contributed by atoms with Crippen molar-refractivity contribution in [3.63, 3.8) is 0 Å². The van der Waals surface area contributed by atoms with E-state index in [-0.39, 0.29) is 29.8 Å². The second-order valence-corrected chi connectivity index (χ2v) is 13.8. The van der Waals surface area contributed by atoms with E-state index < -0.39 is 35.5 Å². The number of nitrogens with zero attached hydrogens (tertiary/aromatic N) is 2. The minimum Gasteiger partial charge on any atom is -0.487 e. The molecule has 4 rings (SSSR count). The van der Waals surface area contributed by atoms with E-state index in [0.717, 1.165) is 18.2 Å². The predicted molar refractivity (Wildman–Crippen MR) is 165 cm³/mol. The van der Waals surface area contributed by atoms with E-state index >= 15 is 0 Å². The highest BCUT2D eigenvalue weighted by Gasteiger charge is 2.20. The lowest BCUT2D eigenvalue weighted by Crippen LogP contribution is -2.23. The van der Waals surface area contributed by atoms with Gasteiger partial charge >= 0.3 is 20.6 Å². The van der Waals surface area contributed by atoms with Crippen molar-refractivity contribution in [3.8, 4) is 16.9 Å². The molecule has 14 nitrogen and oxygen atoms in total. The highest BCUT2D eigenvalue weighted by molar-refractivity contribution is 7.89. The lowest BCUT2D eigenvalue weighted by Gasteiger charge is -2.15. The van der Waals surface area contributed by atoms with Crippen LogP contribution in [-0.4, -0.2) is 44.3 Å². The number of hydrogen-bond acceptors (Lipinski definition) is 11. The van der Waals surface area contributed by atoms with Crippen LogP contribution in [0, 0.1) is 6.92 Å². The zero-order valence-electron chi connectivity index (χ0n) is 22.8. The number of aromatic nitrogens is 2. The molecule has 0 unspecified atom stereocenters. The minimum absolute atomic E-state index is 0.0221. The van der Waals surface area contributed by atoms with Crippen LogP contribution in [0.3, 0.4) is 0 Å². The minimum atomic E-state index is -5.06. The number of sulfonamides is 1. The highest BCUT2D eigenvalue weighted by Crippen LogP contribution is 2.34. The van der Waals surface area contributed by atoms with Crippen LogP contribution >= 0.6 is 23.2 Å². The van der Waals surface area contributed by atoms with Gasteiger partial charge in [0.05, 0.1) is 25.5 Å². The van der Waals surface area contributed by atoms with E-state index in [9.17, 15) is 20.7 Å². The number of nitrogens with one attached hydrogen (secondary N) is 1. The quantitative estimate of drug-likeness (QED) is 0.121. The molecule has 45 heavy (non-hydrogen) atoms. The SMILES string of the molecule is Cc1cc(OCc2nc(N)nc(N)c2-c2ccc(Cl)c(Cl)c2)ccc1CNS(=O)(=O)c1cccc(S(=O)(=O)F)c1.O=S(=O)(O)O. The second kappa shape index (κ2) is 14.2. The molecular weight excluding hydrogens is 700 g/mol. The average molecular weight is 725 g/mol. The summed E-state index contributed by atoms with van der Waals surface area (Å²) in [6.45, 7) is 1.63. The number of hydrogen-bond donors (Lipinski definition) is 5. The van der Waals surface area contributed by atoms with Gasteiger partial charge in [-0.1, -0.05) is 41.4 Å². The van der Waals surface area contributed by atoms with Gasteiger partial charge in [-0.05, 0) is 66.1 Å². The molecule has 1 aromatic heterocycles. The topological polar surface area (TPSA) is 242 Å². The molecule has 242 valence electrons. The maximum Gasteiger partial charge on any atom is 0.394 e. The fraction of sp³-hybridized carbons (Fsp3) is 0.120. The van der Waals surface area contributed by atoms with Crippen molar-refractivity contribution >= 4 is 65.6 Å². The Kier molecular flexibility index (Phi) is 11.3. The number of ether oxygens (including phenoxy) is 1. The summed E-state index contributed by atoms with van der Waals surface area (Å²) in [5, 5.41) is 0.696. The summed E-state index contributed by atoms with van der Waals surface area (Å²) in [7, 11) is -13.9. The molecule has 0 spiro atoms. The average Bonchev–Trinajstić information content (AvgIpc) is 2.91. The monoisotopic (exact) mass is 723 g/mol. The molecule has 0 aliphatic rings. The van der Waals surface area contributed by atoms with Crippen LogP contribution in [0.15, 0.2) is 70.5 Å². The highest BCUT2D eigenvalue weighted by atomic mass is 35.5. The van der Waals surface area contributed by atoms with E-state index in [1.807, 2.05) is 0 Å². The van der Waals surface area contributed by atoms with Gasteiger partial charge in [-0.15, -0.1) is 3.89 Å². The Morgan fingerprint density at radius 1 is 0.889 bits per heavy atom. The van der Waals surface area contributed by atoms with Gasteiger partial charge in [0.25, 0.3) is 0 Å². The third kappa shape index (κ3) is 10.5. The van der Waals surface area contributed by atoms with E-state index in [1.165, 1.54) is 6.07 Å². The van der Waals surface area contributed by atoms with Gasteiger partial charge in [-0.3, -0.25) is 9.11 Å². The van der Waals surface area contributed by atoms with Gasteiger partial charge in [0.2, 0.25) is 16.0 Å². The lowest BCUT2D eigenvalue weighted by molar-refractivity contribution is 0.301. The van der Waals surface area contributed by atoms with Gasteiger partial charge in [-0.2, -0.15) is 21.8 Å². The van der Waals surface area contributed by atoms with Gasteiger partial charge in [0.1, 0.15) is 18.2 Å². The summed E-state index contributed by atoms with van der Waals surface area (Å²) < 4.78 is 101. The fourth-order valence-electron chi connectivity index (χ4n) is 3.77. The van der Waals surface area contributed by atoms with Gasteiger partial charge in [0.15, 0.2) is 0 Å². The first-order chi connectivity index (χ1) is 20.7. The zero-order valence-corrected chi connectivity index (χ0v) is 26.8. The molecule has 0 radical (unpaired) electrons. The molecule has 0 aliphatic heterocycles. The maximum atomic E-state index is 13.3. The van der Waals surface area contributed by atoms with Gasteiger partial charge in [-0.25, -0.2) is 18.1 Å². The maximum absolute atomic E-state index is 13.3. The smallest absolute Gasteiger partial charge is 0.394 e. The molecule has 1 heterocycles. The molecule has 7 N–H and O–H groups in total. The van der Waals surface area contributed by atoms with Crippen LogP contribution in [0.1, 0.15) is 16.8 Å². The van der Waals surface area contributed by atoms with Crippen molar-refractivity contribution in [2.45, 2.75) is 29.9 Å². The normalized spacial score (nSPS) is 11.9. The number of aryl methyl sites for hydroxylation is 1. The van der Waals surface area contributed by atoms with E-state index in [0.29, 0.717) is 43.7 Å². The number of nitrogen functional groups attached to an aromatic ring is 2. The molecule has 20 heteroatoms. The van der Waals surface area contributed by atoms with Crippen molar-refractivity contribution in [2.24, 2.45) is 0 Å². The Labute approximate surface area is 268 Å². The molecule has 0 amide bonds. The zero-order chi connectivity index (χ0) is 33.7. The summed E-state index contributed by atoms with van der Waals surface area (Å²) >= 11 is 12.2. The first kappa shape index (κ1) is 35.9. The van der Waals surface area contributed by atoms with Crippen LogP contribution in [0.2, 0.25) is 10.0 Å². The summed E-state index contributed by atoms with van der Waals surface area (Å²) in [6.07, 6.45) is 0. The Morgan fingerprint density at radius 2 is 1.53 bits per heavy atom. The number of benzene rings is 3. The first-order valence-electron chi connectivity index (χ1n) is 12.1. The van der Waals surface area contributed by atoms with Gasteiger partial charge < -0.3 is 16.2 Å². The van der Waals surface area contributed by atoms with Crippen LogP contribution in [0.5, 0.6) is 5.75 Å². The van der Waals surface area contributed by atoms with Crippen LogP contribution in [0.4, 0.5) is 15.7 Å². The second-order valence-electron chi connectivity index (χ2n) is 8.98. The third-order valence-corrected chi connectivity index (χ3v) is 8.73. The van der Waals surface area contributed by atoms with E-state index in [4.69, 9.17) is 56.9 Å². The van der Waals surface area contributed by atoms with Crippen LogP contribution < -0.4 is 20.9 Å². The lowest BCUT2D eigenvalue weighted by atomic mass is 10.0. The van der Waals surface area contributed by atoms with Crippen LogP contribution in [-0.2, 0) is 43.8 Å². The Hall–Kier alpha value is -3.62. The first-order valence-corrected chi connectivity index (χ1v) is 17.1. The number of rotatable bonds is 9. The molecule has 0 aliphatic carbocycles. The molecule has 4 aromatic rings. The standard InChI is InChI=1S/C25H22Cl2FN5O5S2.H2O4S/c1-14-9-17(7-5-16(14)12-31-40(36,37)19-4-2-3-18(11-19)39(28,34)35)38-13-22-23(24(29)33-25(30)32-22)15-6-8-20(26)21(27)10-15;1-5(2,3)4/h2-11,31H,12-13H2,1H3,(H4,29,30,32,33);(H2,1,2,3,4). The summed E-state index contributed by atoms with van der Waals surface area (Å²) in [5.41, 5.74) is 14.8. The Balaban J connectivity index is 0.00000102. The molecule has 0 bridgehead atoms. The van der Waals surface area contributed by atoms with Crippen molar-refractivity contribution < 1.29 is 43.0 Å². The Morgan fingerprint density at radius 3 is 2.13 bits per heavy atom. The number of nitrogens with two attached hydrogens (primary N) is 2. The molecular formula is C25H24Cl2FN5O9S3. The summed E-state index contributed by atoms with van der Waals surface area (Å²) in [4.78, 5) is 7.17. The van der Waals surface area contributed by atoms with Gasteiger partial charge in [0, 0.05) is 12.1 Å². The molecule has 0 fully saturated rings. The van der Waals surface area contributed by atoms with E-state index in [2.05, 4.69) is 14.7 Å². The van der Waals surface area contributed by atoms with Crippen molar-refractivity contribution in [3.05, 3.63) is 87.5 Å². The molecule has 0 saturated heterocycles.